The Morgan fingerprint density at radius 3 is 2.80 bits per heavy atom. The molecule has 0 atom stereocenters. The van der Waals surface area contributed by atoms with E-state index in [0.717, 1.165) is 18.2 Å². The van der Waals surface area contributed by atoms with Crippen molar-refractivity contribution in [2.24, 2.45) is 0 Å². The summed E-state index contributed by atoms with van der Waals surface area (Å²) in [6, 6.07) is 5.62. The molecule has 0 saturated carbocycles. The van der Waals surface area contributed by atoms with E-state index < -0.39 is 27.9 Å². The summed E-state index contributed by atoms with van der Waals surface area (Å²) < 4.78 is 13.1. The van der Waals surface area contributed by atoms with Crippen molar-refractivity contribution in [3.05, 3.63) is 63.2 Å². The number of anilines is 1. The molecular weight excluding hydrogens is 289 g/mol. The Labute approximate surface area is 117 Å². The summed E-state index contributed by atoms with van der Waals surface area (Å²) >= 11 is 5.76. The summed E-state index contributed by atoms with van der Waals surface area (Å²) in [5, 5.41) is 13.2. The zero-order valence-electron chi connectivity index (χ0n) is 9.84. The minimum atomic E-state index is -0.842. The van der Waals surface area contributed by atoms with Crippen LogP contribution in [-0.4, -0.2) is 15.8 Å². The van der Waals surface area contributed by atoms with E-state index in [0.29, 0.717) is 0 Å². The van der Waals surface area contributed by atoms with Crippen molar-refractivity contribution in [3.63, 3.8) is 0 Å². The molecule has 0 aliphatic rings. The monoisotopic (exact) mass is 295 g/mol. The van der Waals surface area contributed by atoms with Crippen molar-refractivity contribution in [1.29, 1.82) is 0 Å². The number of aromatic nitrogens is 1. The minimum absolute atomic E-state index is 0.0277. The van der Waals surface area contributed by atoms with Crippen LogP contribution >= 0.6 is 11.6 Å². The van der Waals surface area contributed by atoms with Gasteiger partial charge in [-0.2, -0.15) is 0 Å². The van der Waals surface area contributed by atoms with Crippen LogP contribution in [0.4, 0.5) is 15.8 Å². The molecule has 1 aromatic carbocycles. The van der Waals surface area contributed by atoms with Crippen LogP contribution in [0.15, 0.2) is 36.5 Å². The molecule has 0 aliphatic carbocycles. The lowest BCUT2D eigenvalue weighted by Gasteiger charge is -2.06. The molecule has 1 heterocycles. The van der Waals surface area contributed by atoms with Gasteiger partial charge in [0.2, 0.25) is 0 Å². The van der Waals surface area contributed by atoms with Gasteiger partial charge in [-0.25, -0.2) is 9.37 Å². The average Bonchev–Trinajstić information content (AvgIpc) is 2.40. The molecule has 0 bridgehead atoms. The SMILES string of the molecule is O=C(Nc1cccnc1Cl)c1cc(F)ccc1[N+](=O)[O-]. The number of halogens is 2. The maximum atomic E-state index is 13.1. The van der Waals surface area contributed by atoms with Crippen LogP contribution in [0.25, 0.3) is 0 Å². The molecule has 102 valence electrons. The molecule has 1 aromatic heterocycles. The summed E-state index contributed by atoms with van der Waals surface area (Å²) in [7, 11) is 0. The van der Waals surface area contributed by atoms with E-state index in [1.807, 2.05) is 0 Å². The minimum Gasteiger partial charge on any atom is -0.319 e. The van der Waals surface area contributed by atoms with Crippen molar-refractivity contribution < 1.29 is 14.1 Å². The van der Waals surface area contributed by atoms with Crippen LogP contribution < -0.4 is 5.32 Å². The first kappa shape index (κ1) is 13.9. The molecule has 0 saturated heterocycles. The van der Waals surface area contributed by atoms with E-state index in [-0.39, 0.29) is 10.8 Å². The number of nitrogens with one attached hydrogen (secondary N) is 1. The van der Waals surface area contributed by atoms with Crippen molar-refractivity contribution in [1.82, 2.24) is 4.98 Å². The van der Waals surface area contributed by atoms with Crippen LogP contribution in [0.2, 0.25) is 5.15 Å². The zero-order valence-corrected chi connectivity index (χ0v) is 10.6. The molecule has 0 aliphatic heterocycles. The average molecular weight is 296 g/mol. The highest BCUT2D eigenvalue weighted by Gasteiger charge is 2.21. The first-order valence-electron chi connectivity index (χ1n) is 5.35. The van der Waals surface area contributed by atoms with Crippen LogP contribution in [0.1, 0.15) is 10.4 Å². The van der Waals surface area contributed by atoms with Gasteiger partial charge in [-0.3, -0.25) is 14.9 Å². The third-order valence-electron chi connectivity index (χ3n) is 2.41. The number of benzene rings is 1. The Kier molecular flexibility index (Phi) is 3.90. The molecular formula is C12H7ClFN3O3. The quantitative estimate of drug-likeness (QED) is 0.536. The lowest BCUT2D eigenvalue weighted by atomic mass is 10.1. The van der Waals surface area contributed by atoms with Gasteiger partial charge in [0.1, 0.15) is 11.4 Å². The largest absolute Gasteiger partial charge is 0.319 e. The van der Waals surface area contributed by atoms with Gasteiger partial charge in [-0.15, -0.1) is 0 Å². The summed E-state index contributed by atoms with van der Waals surface area (Å²) in [6.07, 6.45) is 1.42. The normalized spacial score (nSPS) is 10.1. The molecule has 0 radical (unpaired) electrons. The van der Waals surface area contributed by atoms with Gasteiger partial charge in [-0.1, -0.05) is 11.6 Å². The van der Waals surface area contributed by atoms with Crippen molar-refractivity contribution >= 4 is 28.9 Å². The number of pyridine rings is 1. The highest BCUT2D eigenvalue weighted by Crippen LogP contribution is 2.23. The van der Waals surface area contributed by atoms with Gasteiger partial charge < -0.3 is 5.32 Å². The predicted octanol–water partition coefficient (Wildman–Crippen LogP) is 3.03. The number of nitrogens with zero attached hydrogens (tertiary/aromatic N) is 2. The fourth-order valence-corrected chi connectivity index (χ4v) is 1.68. The molecule has 6 nitrogen and oxygen atoms in total. The van der Waals surface area contributed by atoms with Gasteiger partial charge in [0.15, 0.2) is 5.15 Å². The van der Waals surface area contributed by atoms with Gasteiger partial charge in [0.25, 0.3) is 11.6 Å². The Bertz CT molecular complexity index is 693. The van der Waals surface area contributed by atoms with E-state index >= 15 is 0 Å². The molecule has 0 spiro atoms. The first-order chi connectivity index (χ1) is 9.49. The fraction of sp³-hybridized carbons (Fsp3) is 0. The molecule has 0 unspecified atom stereocenters. The van der Waals surface area contributed by atoms with Gasteiger partial charge in [0.05, 0.1) is 10.6 Å². The van der Waals surface area contributed by atoms with Crippen molar-refractivity contribution in [2.75, 3.05) is 5.32 Å². The highest BCUT2D eigenvalue weighted by molar-refractivity contribution is 6.32. The van der Waals surface area contributed by atoms with E-state index in [1.54, 1.807) is 0 Å². The number of carbonyl (C=O) groups is 1. The zero-order chi connectivity index (χ0) is 14.7. The Morgan fingerprint density at radius 2 is 2.15 bits per heavy atom. The molecule has 8 heteroatoms. The first-order valence-corrected chi connectivity index (χ1v) is 5.72. The number of hydrogen-bond donors (Lipinski definition) is 1. The Balaban J connectivity index is 2.37. The lowest BCUT2D eigenvalue weighted by Crippen LogP contribution is -2.14. The molecule has 0 fully saturated rings. The van der Waals surface area contributed by atoms with Gasteiger partial charge in [-0.05, 0) is 24.3 Å². The molecule has 2 aromatic rings. The maximum Gasteiger partial charge on any atom is 0.282 e. The Morgan fingerprint density at radius 1 is 1.40 bits per heavy atom. The number of carbonyl (C=O) groups excluding carboxylic acids is 1. The number of nitro groups is 1. The number of nitro benzene ring substituents is 1. The highest BCUT2D eigenvalue weighted by atomic mass is 35.5. The molecule has 1 N–H and O–H groups in total. The van der Waals surface area contributed by atoms with Crippen LogP contribution in [0, 0.1) is 15.9 Å². The number of rotatable bonds is 3. The lowest BCUT2D eigenvalue weighted by molar-refractivity contribution is -0.385. The maximum absolute atomic E-state index is 13.1. The van der Waals surface area contributed by atoms with Crippen molar-refractivity contribution in [3.8, 4) is 0 Å². The Hall–Kier alpha value is -2.54. The van der Waals surface area contributed by atoms with E-state index in [2.05, 4.69) is 10.3 Å². The van der Waals surface area contributed by atoms with Gasteiger partial charge in [0, 0.05) is 12.3 Å². The molecule has 2 rings (SSSR count). The standard InChI is InChI=1S/C12H7ClFN3O3/c13-11-9(2-1-5-15-11)16-12(18)8-6-7(14)3-4-10(8)17(19)20/h1-6H,(H,16,18). The van der Waals surface area contributed by atoms with Crippen LogP contribution in [0.5, 0.6) is 0 Å². The topological polar surface area (TPSA) is 85.1 Å². The number of hydrogen-bond acceptors (Lipinski definition) is 4. The van der Waals surface area contributed by atoms with Crippen LogP contribution in [0.3, 0.4) is 0 Å². The number of amides is 1. The van der Waals surface area contributed by atoms with Crippen LogP contribution in [-0.2, 0) is 0 Å². The molecule has 20 heavy (non-hydrogen) atoms. The molecule has 1 amide bonds. The second-order valence-electron chi connectivity index (χ2n) is 3.71. The van der Waals surface area contributed by atoms with E-state index in [9.17, 15) is 19.3 Å². The fourth-order valence-electron chi connectivity index (χ4n) is 1.52. The summed E-state index contributed by atoms with van der Waals surface area (Å²) in [5.41, 5.74) is -0.712. The van der Waals surface area contributed by atoms with E-state index in [1.165, 1.54) is 18.3 Å². The van der Waals surface area contributed by atoms with E-state index in [4.69, 9.17) is 11.6 Å². The third-order valence-corrected chi connectivity index (χ3v) is 2.71. The summed E-state index contributed by atoms with van der Waals surface area (Å²) in [5.74, 6) is -1.59. The van der Waals surface area contributed by atoms with Crippen molar-refractivity contribution in [2.45, 2.75) is 0 Å². The third kappa shape index (κ3) is 2.89. The van der Waals surface area contributed by atoms with Gasteiger partial charge >= 0.3 is 0 Å². The second-order valence-corrected chi connectivity index (χ2v) is 4.07. The predicted molar refractivity (Wildman–Crippen MR) is 70.3 cm³/mol. The summed E-state index contributed by atoms with van der Waals surface area (Å²) in [6.45, 7) is 0. The second kappa shape index (κ2) is 5.62. The summed E-state index contributed by atoms with van der Waals surface area (Å²) in [4.78, 5) is 25.8. The smallest absolute Gasteiger partial charge is 0.282 e.